The number of aliphatic hydroxyl groups is 2. The van der Waals surface area contributed by atoms with Gasteiger partial charge >= 0.3 is 0 Å². The van der Waals surface area contributed by atoms with Crippen LogP contribution in [0.25, 0.3) is 0 Å². The first kappa shape index (κ1) is 14.6. The molecule has 3 N–H and O–H groups in total. The lowest BCUT2D eigenvalue weighted by atomic mass is 10.2. The molecular weight excluding hydrogens is 230 g/mol. The molecule has 1 aromatic rings. The van der Waals surface area contributed by atoms with Crippen LogP contribution in [-0.4, -0.2) is 57.7 Å². The smallest absolute Gasteiger partial charge is 0.0617 e. The summed E-state index contributed by atoms with van der Waals surface area (Å²) in [6, 6.07) is 6.05. The number of nitrogens with one attached hydrogen (secondary N) is 1. The summed E-state index contributed by atoms with van der Waals surface area (Å²) in [5.74, 6) is 0. The van der Waals surface area contributed by atoms with Crippen molar-refractivity contribution in [3.05, 3.63) is 18.2 Å². The van der Waals surface area contributed by atoms with Crippen LogP contribution in [0, 0.1) is 0 Å². The van der Waals surface area contributed by atoms with E-state index in [0.29, 0.717) is 13.1 Å². The van der Waals surface area contributed by atoms with Crippen molar-refractivity contribution in [3.63, 3.8) is 0 Å². The van der Waals surface area contributed by atoms with Crippen molar-refractivity contribution in [2.24, 2.45) is 0 Å². The molecule has 0 unspecified atom stereocenters. The van der Waals surface area contributed by atoms with Crippen molar-refractivity contribution < 1.29 is 10.2 Å². The van der Waals surface area contributed by atoms with E-state index in [9.17, 15) is 0 Å². The van der Waals surface area contributed by atoms with Gasteiger partial charge in [0.15, 0.2) is 0 Å². The molecule has 0 heterocycles. The minimum absolute atomic E-state index is 0.0745. The third-order valence-corrected chi connectivity index (χ3v) is 2.84. The summed E-state index contributed by atoms with van der Waals surface area (Å²) >= 11 is 0. The first-order chi connectivity index (χ1) is 8.63. The minimum Gasteiger partial charge on any atom is -0.395 e. The molecule has 1 rings (SSSR count). The zero-order chi connectivity index (χ0) is 13.5. The maximum Gasteiger partial charge on any atom is 0.0617 e. The van der Waals surface area contributed by atoms with Crippen LogP contribution in [0.5, 0.6) is 0 Å². The van der Waals surface area contributed by atoms with Crippen molar-refractivity contribution in [2.75, 3.05) is 62.6 Å². The van der Waals surface area contributed by atoms with E-state index in [4.69, 9.17) is 10.2 Å². The van der Waals surface area contributed by atoms with Gasteiger partial charge in [0.25, 0.3) is 0 Å². The first-order valence-electron chi connectivity index (χ1n) is 6.09. The quantitative estimate of drug-likeness (QED) is 0.664. The second-order valence-corrected chi connectivity index (χ2v) is 4.28. The number of benzene rings is 1. The molecule has 0 saturated carbocycles. The highest BCUT2D eigenvalue weighted by molar-refractivity contribution is 5.74. The van der Waals surface area contributed by atoms with Crippen LogP contribution in [0.2, 0.25) is 0 Å². The van der Waals surface area contributed by atoms with E-state index in [1.165, 1.54) is 0 Å². The third-order valence-electron chi connectivity index (χ3n) is 2.84. The molecule has 0 radical (unpaired) electrons. The maximum atomic E-state index is 9.06. The number of hydrogen-bond acceptors (Lipinski definition) is 5. The highest BCUT2D eigenvalue weighted by Gasteiger charge is 2.09. The fourth-order valence-corrected chi connectivity index (χ4v) is 1.91. The van der Waals surface area contributed by atoms with Crippen molar-refractivity contribution >= 4 is 17.1 Å². The van der Waals surface area contributed by atoms with Crippen LogP contribution in [0.1, 0.15) is 0 Å². The summed E-state index contributed by atoms with van der Waals surface area (Å²) in [6.45, 7) is 1.19. The first-order valence-corrected chi connectivity index (χ1v) is 6.09. The number of anilines is 3. The predicted molar refractivity (Wildman–Crippen MR) is 76.7 cm³/mol. The van der Waals surface area contributed by atoms with Gasteiger partial charge in [-0.3, -0.25) is 0 Å². The normalized spacial score (nSPS) is 10.3. The summed E-state index contributed by atoms with van der Waals surface area (Å²) in [6.07, 6.45) is 0. The fourth-order valence-electron chi connectivity index (χ4n) is 1.91. The highest BCUT2D eigenvalue weighted by Crippen LogP contribution is 2.29. The van der Waals surface area contributed by atoms with E-state index in [1.807, 2.05) is 43.1 Å². The third kappa shape index (κ3) is 3.51. The van der Waals surface area contributed by atoms with Crippen LogP contribution in [0.3, 0.4) is 0 Å². The lowest BCUT2D eigenvalue weighted by Gasteiger charge is -2.26. The highest BCUT2D eigenvalue weighted by atomic mass is 16.3. The Hall–Kier alpha value is -1.46. The average Bonchev–Trinajstić information content (AvgIpc) is 2.37. The van der Waals surface area contributed by atoms with E-state index in [0.717, 1.165) is 17.1 Å². The van der Waals surface area contributed by atoms with Gasteiger partial charge in [0.05, 0.1) is 24.6 Å². The van der Waals surface area contributed by atoms with Gasteiger partial charge in [-0.15, -0.1) is 0 Å². The lowest BCUT2D eigenvalue weighted by molar-refractivity contribution is 0.281. The lowest BCUT2D eigenvalue weighted by Crippen LogP contribution is -2.29. The molecule has 1 aromatic carbocycles. The largest absolute Gasteiger partial charge is 0.395 e. The summed E-state index contributed by atoms with van der Waals surface area (Å²) < 4.78 is 0. The average molecular weight is 253 g/mol. The Morgan fingerprint density at radius 2 is 1.72 bits per heavy atom. The van der Waals surface area contributed by atoms with Crippen LogP contribution in [0.15, 0.2) is 18.2 Å². The maximum absolute atomic E-state index is 9.06. The molecule has 0 atom stereocenters. The Bertz CT molecular complexity index is 363. The fraction of sp³-hybridized carbons (Fsp3) is 0.538. The summed E-state index contributed by atoms with van der Waals surface area (Å²) in [4.78, 5) is 4.00. The molecule has 0 aromatic heterocycles. The number of aliphatic hydroxyl groups excluding tert-OH is 2. The minimum atomic E-state index is 0.0745. The number of nitrogens with zero attached hydrogens (tertiary/aromatic N) is 2. The monoisotopic (exact) mass is 253 g/mol. The van der Waals surface area contributed by atoms with Gasteiger partial charge in [0.2, 0.25) is 0 Å². The number of rotatable bonds is 7. The molecule has 18 heavy (non-hydrogen) atoms. The predicted octanol–water partition coefficient (Wildman–Crippen LogP) is 0.585. The zero-order valence-electron chi connectivity index (χ0n) is 11.3. The topological polar surface area (TPSA) is 59.0 Å². The molecule has 0 aliphatic heterocycles. The van der Waals surface area contributed by atoms with Gasteiger partial charge in [-0.25, -0.2) is 0 Å². The molecule has 0 aliphatic rings. The zero-order valence-corrected chi connectivity index (χ0v) is 11.3. The summed E-state index contributed by atoms with van der Waals surface area (Å²) in [5.41, 5.74) is 3.13. The molecule has 5 heteroatoms. The molecule has 0 saturated heterocycles. The van der Waals surface area contributed by atoms with E-state index in [-0.39, 0.29) is 13.2 Å². The van der Waals surface area contributed by atoms with Gasteiger partial charge in [-0.2, -0.15) is 0 Å². The molecule has 5 nitrogen and oxygen atoms in total. The Morgan fingerprint density at radius 3 is 2.17 bits per heavy atom. The van der Waals surface area contributed by atoms with Gasteiger partial charge in [0, 0.05) is 39.9 Å². The Morgan fingerprint density at radius 1 is 1.11 bits per heavy atom. The van der Waals surface area contributed by atoms with Crippen LogP contribution in [0.4, 0.5) is 17.1 Å². The van der Waals surface area contributed by atoms with Crippen LogP contribution < -0.4 is 15.1 Å². The Labute approximate surface area is 109 Å². The van der Waals surface area contributed by atoms with Gasteiger partial charge in [0.1, 0.15) is 0 Å². The van der Waals surface area contributed by atoms with Gasteiger partial charge in [-0.05, 0) is 18.2 Å². The molecule has 0 fully saturated rings. The second-order valence-electron chi connectivity index (χ2n) is 4.28. The van der Waals surface area contributed by atoms with E-state index >= 15 is 0 Å². The van der Waals surface area contributed by atoms with Crippen LogP contribution in [-0.2, 0) is 0 Å². The molecule has 0 bridgehead atoms. The summed E-state index contributed by atoms with van der Waals surface area (Å²) in [7, 11) is 5.87. The molecular formula is C13H23N3O2. The van der Waals surface area contributed by atoms with Gasteiger partial charge < -0.3 is 25.3 Å². The van der Waals surface area contributed by atoms with E-state index < -0.39 is 0 Å². The molecule has 0 aliphatic carbocycles. The van der Waals surface area contributed by atoms with E-state index in [2.05, 4.69) is 11.4 Å². The molecule has 0 spiro atoms. The Kier molecular flexibility index (Phi) is 5.74. The Balaban J connectivity index is 3.04. The van der Waals surface area contributed by atoms with Crippen molar-refractivity contribution in [1.29, 1.82) is 0 Å². The van der Waals surface area contributed by atoms with Crippen LogP contribution >= 0.6 is 0 Å². The van der Waals surface area contributed by atoms with E-state index in [1.54, 1.807) is 0 Å². The van der Waals surface area contributed by atoms with Crippen molar-refractivity contribution in [2.45, 2.75) is 0 Å². The SMILES string of the molecule is CNc1ccc(N(CCO)CCO)cc1N(C)C. The molecule has 0 amide bonds. The standard InChI is InChI=1S/C13H23N3O2/c1-14-12-5-4-11(10-13(12)15(2)3)16(6-8-17)7-9-18/h4-5,10,14,17-18H,6-9H2,1-3H3. The van der Waals surface area contributed by atoms with Crippen molar-refractivity contribution in [1.82, 2.24) is 0 Å². The summed E-state index contributed by atoms with van der Waals surface area (Å²) in [5, 5.41) is 21.3. The number of hydrogen-bond donors (Lipinski definition) is 3. The second kappa shape index (κ2) is 7.08. The van der Waals surface area contributed by atoms with Crippen molar-refractivity contribution in [3.8, 4) is 0 Å². The van der Waals surface area contributed by atoms with Gasteiger partial charge in [-0.1, -0.05) is 0 Å². The molecule has 102 valence electrons.